The molecule has 0 radical (unpaired) electrons. The molecule has 0 aromatic carbocycles. The van der Waals surface area contributed by atoms with Gasteiger partial charge in [0.15, 0.2) is 0 Å². The van der Waals surface area contributed by atoms with Crippen LogP contribution in [0.15, 0.2) is 12.3 Å². The number of anilines is 1. The molecule has 0 saturated heterocycles. The molecule has 0 aliphatic carbocycles. The highest BCUT2D eigenvalue weighted by molar-refractivity contribution is 5.74. The lowest BCUT2D eigenvalue weighted by molar-refractivity contribution is -0.138. The third kappa shape index (κ3) is 4.26. The van der Waals surface area contributed by atoms with Crippen LogP contribution in [0.5, 0.6) is 5.88 Å². The Labute approximate surface area is 101 Å². The molecule has 1 aromatic heterocycles. The quantitative estimate of drug-likeness (QED) is 0.710. The summed E-state index contributed by atoms with van der Waals surface area (Å²) in [6, 6.07) is 1.68. The van der Waals surface area contributed by atoms with E-state index in [9.17, 15) is 4.79 Å². The second kappa shape index (κ2) is 6.03. The average Bonchev–Trinajstić information content (AvgIpc) is 2.28. The number of hydrogen-bond donors (Lipinski definition) is 0. The molecule has 94 valence electrons. The summed E-state index contributed by atoms with van der Waals surface area (Å²) >= 11 is 0. The normalized spacial score (nSPS) is 10.2. The first-order valence-corrected chi connectivity index (χ1v) is 5.30. The fourth-order valence-electron chi connectivity index (χ4n) is 1.15. The smallest absolute Gasteiger partial charge is 0.325 e. The fourth-order valence-corrected chi connectivity index (χ4v) is 1.15. The van der Waals surface area contributed by atoms with Gasteiger partial charge in [-0.1, -0.05) is 0 Å². The van der Waals surface area contributed by atoms with Crippen molar-refractivity contribution in [3.05, 3.63) is 12.3 Å². The highest BCUT2D eigenvalue weighted by Gasteiger charge is 2.11. The summed E-state index contributed by atoms with van der Waals surface area (Å²) < 4.78 is 10.0. The van der Waals surface area contributed by atoms with E-state index in [1.54, 1.807) is 24.2 Å². The number of hydrogen-bond acceptors (Lipinski definition) is 6. The summed E-state index contributed by atoms with van der Waals surface area (Å²) in [6.45, 7) is 3.93. The molecule has 0 atom stereocenters. The van der Waals surface area contributed by atoms with Crippen molar-refractivity contribution in [3.8, 4) is 5.88 Å². The van der Waals surface area contributed by atoms with Crippen LogP contribution in [0.4, 0.5) is 5.95 Å². The number of carbonyl (C=O) groups excluding carboxylic acids is 1. The first kappa shape index (κ1) is 13.2. The minimum absolute atomic E-state index is 0.0451. The van der Waals surface area contributed by atoms with E-state index in [1.165, 1.54) is 7.11 Å². The Balaban J connectivity index is 2.73. The van der Waals surface area contributed by atoms with Crippen LogP contribution in [0.1, 0.15) is 13.8 Å². The van der Waals surface area contributed by atoms with Crippen molar-refractivity contribution < 1.29 is 14.3 Å². The first-order chi connectivity index (χ1) is 8.02. The SMILES string of the molecule is COC(=O)CN(C)c1nccc(OC(C)C)n1. The van der Waals surface area contributed by atoms with Crippen molar-refractivity contribution in [3.63, 3.8) is 0 Å². The van der Waals surface area contributed by atoms with Crippen LogP contribution in [0.2, 0.25) is 0 Å². The van der Waals surface area contributed by atoms with Crippen molar-refractivity contribution >= 4 is 11.9 Å². The molecule has 0 amide bonds. The second-order valence-electron chi connectivity index (χ2n) is 3.79. The maximum absolute atomic E-state index is 11.1. The minimum atomic E-state index is -0.341. The zero-order valence-corrected chi connectivity index (χ0v) is 10.5. The van der Waals surface area contributed by atoms with Gasteiger partial charge in [-0.3, -0.25) is 4.79 Å². The Hall–Kier alpha value is -1.85. The van der Waals surface area contributed by atoms with Gasteiger partial charge < -0.3 is 14.4 Å². The Morgan fingerprint density at radius 2 is 2.24 bits per heavy atom. The van der Waals surface area contributed by atoms with E-state index < -0.39 is 0 Å². The van der Waals surface area contributed by atoms with Crippen molar-refractivity contribution in [2.24, 2.45) is 0 Å². The lowest BCUT2D eigenvalue weighted by atomic mass is 10.5. The van der Waals surface area contributed by atoms with Gasteiger partial charge in [-0.05, 0) is 13.8 Å². The molecule has 0 bridgehead atoms. The molecule has 6 nitrogen and oxygen atoms in total. The summed E-state index contributed by atoms with van der Waals surface area (Å²) in [6.07, 6.45) is 1.64. The summed E-state index contributed by atoms with van der Waals surface area (Å²) in [5.74, 6) is 0.571. The van der Waals surface area contributed by atoms with Crippen molar-refractivity contribution in [2.75, 3.05) is 25.6 Å². The zero-order chi connectivity index (χ0) is 12.8. The predicted molar refractivity (Wildman–Crippen MR) is 63.1 cm³/mol. The molecule has 0 N–H and O–H groups in total. The van der Waals surface area contributed by atoms with Crippen LogP contribution < -0.4 is 9.64 Å². The van der Waals surface area contributed by atoms with Gasteiger partial charge in [-0.2, -0.15) is 4.98 Å². The number of esters is 1. The number of likely N-dealkylation sites (N-methyl/N-ethyl adjacent to an activating group) is 1. The average molecular weight is 239 g/mol. The topological polar surface area (TPSA) is 64.5 Å². The van der Waals surface area contributed by atoms with Crippen LogP contribution >= 0.6 is 0 Å². The van der Waals surface area contributed by atoms with E-state index in [1.807, 2.05) is 13.8 Å². The van der Waals surface area contributed by atoms with Crippen molar-refractivity contribution in [1.29, 1.82) is 0 Å². The van der Waals surface area contributed by atoms with E-state index in [0.29, 0.717) is 11.8 Å². The molecular formula is C11H17N3O3. The highest BCUT2D eigenvalue weighted by atomic mass is 16.5. The number of rotatable bonds is 5. The van der Waals surface area contributed by atoms with Crippen molar-refractivity contribution in [1.82, 2.24) is 9.97 Å². The van der Waals surface area contributed by atoms with Gasteiger partial charge in [0.25, 0.3) is 0 Å². The molecule has 17 heavy (non-hydrogen) atoms. The summed E-state index contributed by atoms with van der Waals surface area (Å²) in [5.41, 5.74) is 0. The van der Waals surface area contributed by atoms with Gasteiger partial charge in [-0.15, -0.1) is 0 Å². The third-order valence-electron chi connectivity index (χ3n) is 1.91. The molecule has 0 aliphatic heterocycles. The van der Waals surface area contributed by atoms with Gasteiger partial charge in [0.05, 0.1) is 13.2 Å². The van der Waals surface area contributed by atoms with Gasteiger partial charge >= 0.3 is 5.97 Å². The minimum Gasteiger partial charge on any atom is -0.475 e. The second-order valence-corrected chi connectivity index (χ2v) is 3.79. The first-order valence-electron chi connectivity index (χ1n) is 5.30. The van der Waals surface area contributed by atoms with Gasteiger partial charge in [0.2, 0.25) is 11.8 Å². The highest BCUT2D eigenvalue weighted by Crippen LogP contribution is 2.12. The summed E-state index contributed by atoms with van der Waals surface area (Å²) in [7, 11) is 3.06. The van der Waals surface area contributed by atoms with Crippen LogP contribution in [0, 0.1) is 0 Å². The number of nitrogens with zero attached hydrogens (tertiary/aromatic N) is 3. The Morgan fingerprint density at radius 3 is 2.82 bits per heavy atom. The molecule has 0 aliphatic rings. The standard InChI is InChI=1S/C11H17N3O3/c1-8(2)17-9-5-6-12-11(13-9)14(3)7-10(15)16-4/h5-6,8H,7H2,1-4H3. The molecule has 0 spiro atoms. The monoisotopic (exact) mass is 239 g/mol. The lowest BCUT2D eigenvalue weighted by Crippen LogP contribution is -2.28. The van der Waals surface area contributed by atoms with E-state index in [-0.39, 0.29) is 18.6 Å². The Morgan fingerprint density at radius 1 is 1.53 bits per heavy atom. The van der Waals surface area contributed by atoms with Gasteiger partial charge in [0.1, 0.15) is 6.54 Å². The molecule has 1 rings (SSSR count). The third-order valence-corrected chi connectivity index (χ3v) is 1.91. The molecule has 0 unspecified atom stereocenters. The van der Waals surface area contributed by atoms with Gasteiger partial charge in [0, 0.05) is 19.3 Å². The van der Waals surface area contributed by atoms with Crippen LogP contribution in [-0.4, -0.2) is 42.7 Å². The largest absolute Gasteiger partial charge is 0.475 e. The maximum Gasteiger partial charge on any atom is 0.325 e. The van der Waals surface area contributed by atoms with E-state index in [2.05, 4.69) is 14.7 Å². The lowest BCUT2D eigenvalue weighted by Gasteiger charge is -2.16. The zero-order valence-electron chi connectivity index (χ0n) is 10.5. The number of ether oxygens (including phenoxy) is 2. The molecule has 6 heteroatoms. The molecule has 0 saturated carbocycles. The van der Waals surface area contributed by atoms with Crippen LogP contribution in [0.25, 0.3) is 0 Å². The molecule has 1 aromatic rings. The molecule has 1 heterocycles. The number of methoxy groups -OCH3 is 1. The number of carbonyl (C=O) groups is 1. The number of aromatic nitrogens is 2. The predicted octanol–water partition coefficient (Wildman–Crippen LogP) is 0.873. The molecular weight excluding hydrogens is 222 g/mol. The van der Waals surface area contributed by atoms with E-state index in [0.717, 1.165) is 0 Å². The van der Waals surface area contributed by atoms with Crippen LogP contribution in [-0.2, 0) is 9.53 Å². The molecule has 0 fully saturated rings. The summed E-state index contributed by atoms with van der Waals surface area (Å²) in [4.78, 5) is 20.9. The Bertz CT molecular complexity index is 382. The Kier molecular flexibility index (Phi) is 4.68. The summed E-state index contributed by atoms with van der Waals surface area (Å²) in [5, 5.41) is 0. The van der Waals surface area contributed by atoms with Gasteiger partial charge in [-0.25, -0.2) is 4.98 Å². The fraction of sp³-hybridized carbons (Fsp3) is 0.545. The maximum atomic E-state index is 11.1. The van der Waals surface area contributed by atoms with Crippen molar-refractivity contribution in [2.45, 2.75) is 20.0 Å². The van der Waals surface area contributed by atoms with Crippen LogP contribution in [0.3, 0.4) is 0 Å². The van der Waals surface area contributed by atoms with E-state index in [4.69, 9.17) is 4.74 Å². The van der Waals surface area contributed by atoms with E-state index >= 15 is 0 Å².